The number of aromatic amines is 1. The summed E-state index contributed by atoms with van der Waals surface area (Å²) in [5, 5.41) is 9.84. The molecule has 126 valence electrons. The van der Waals surface area contributed by atoms with Crippen molar-refractivity contribution >= 4 is 11.6 Å². The van der Waals surface area contributed by atoms with Gasteiger partial charge in [-0.15, -0.1) is 0 Å². The molecule has 6 nitrogen and oxygen atoms in total. The number of nitrogens with zero attached hydrogens (tertiary/aromatic N) is 1. The quantitative estimate of drug-likeness (QED) is 0.769. The predicted molar refractivity (Wildman–Crippen MR) is 94.1 cm³/mol. The van der Waals surface area contributed by atoms with Gasteiger partial charge < -0.3 is 14.8 Å². The Morgan fingerprint density at radius 2 is 1.80 bits per heavy atom. The fraction of sp³-hybridized carbons (Fsp3) is 0.158. The predicted octanol–water partition coefficient (Wildman–Crippen LogP) is 3.41. The summed E-state index contributed by atoms with van der Waals surface area (Å²) in [7, 11) is 0. The Labute approximate surface area is 144 Å². The Kier molecular flexibility index (Phi) is 3.85. The van der Waals surface area contributed by atoms with Gasteiger partial charge in [0.15, 0.2) is 11.5 Å². The van der Waals surface area contributed by atoms with E-state index in [9.17, 15) is 4.79 Å². The van der Waals surface area contributed by atoms with Crippen LogP contribution < -0.4 is 14.8 Å². The van der Waals surface area contributed by atoms with Crippen molar-refractivity contribution in [2.24, 2.45) is 0 Å². The summed E-state index contributed by atoms with van der Waals surface area (Å²) in [5.74, 6) is 1.06. The van der Waals surface area contributed by atoms with Gasteiger partial charge in [-0.2, -0.15) is 5.10 Å². The smallest absolute Gasteiger partial charge is 0.273 e. The number of H-pyrrole nitrogens is 1. The van der Waals surface area contributed by atoms with Crippen LogP contribution in [0.2, 0.25) is 0 Å². The molecular formula is C19H17N3O3. The number of carbonyl (C=O) groups is 1. The molecule has 1 aromatic heterocycles. The van der Waals surface area contributed by atoms with Crippen LogP contribution >= 0.6 is 0 Å². The molecule has 25 heavy (non-hydrogen) atoms. The van der Waals surface area contributed by atoms with E-state index in [4.69, 9.17) is 9.47 Å². The number of hydrogen-bond acceptors (Lipinski definition) is 4. The van der Waals surface area contributed by atoms with Crippen molar-refractivity contribution in [2.45, 2.75) is 6.92 Å². The van der Waals surface area contributed by atoms with E-state index in [-0.39, 0.29) is 5.91 Å². The van der Waals surface area contributed by atoms with Gasteiger partial charge in [0.25, 0.3) is 5.91 Å². The van der Waals surface area contributed by atoms with E-state index >= 15 is 0 Å². The highest BCUT2D eigenvalue weighted by Crippen LogP contribution is 2.32. The van der Waals surface area contributed by atoms with E-state index in [1.54, 1.807) is 24.3 Å². The molecule has 0 bridgehead atoms. The normalized spacial score (nSPS) is 12.7. The number of fused-ring (bicyclic) bond motifs is 1. The molecule has 0 saturated heterocycles. The molecule has 2 N–H and O–H groups in total. The van der Waals surface area contributed by atoms with E-state index in [0.717, 1.165) is 11.3 Å². The molecule has 0 atom stereocenters. The zero-order valence-electron chi connectivity index (χ0n) is 13.7. The summed E-state index contributed by atoms with van der Waals surface area (Å²) < 4.78 is 11.0. The van der Waals surface area contributed by atoms with Crippen LogP contribution in [0.3, 0.4) is 0 Å². The van der Waals surface area contributed by atoms with Crippen molar-refractivity contribution < 1.29 is 14.3 Å². The second kappa shape index (κ2) is 6.32. The topological polar surface area (TPSA) is 76.2 Å². The number of aromatic nitrogens is 2. The van der Waals surface area contributed by atoms with E-state index in [1.165, 1.54) is 5.56 Å². The molecule has 0 spiro atoms. The second-order valence-corrected chi connectivity index (χ2v) is 5.85. The number of anilines is 1. The first kappa shape index (κ1) is 15.3. The molecule has 0 aliphatic carbocycles. The Morgan fingerprint density at radius 3 is 2.60 bits per heavy atom. The molecule has 1 aliphatic rings. The van der Waals surface area contributed by atoms with Crippen LogP contribution in [0, 0.1) is 6.92 Å². The summed E-state index contributed by atoms with van der Waals surface area (Å²) >= 11 is 0. The van der Waals surface area contributed by atoms with Crippen molar-refractivity contribution in [1.82, 2.24) is 10.2 Å². The van der Waals surface area contributed by atoms with Gasteiger partial charge in [0.05, 0.1) is 5.69 Å². The molecule has 3 aromatic rings. The van der Waals surface area contributed by atoms with Crippen LogP contribution in [0.4, 0.5) is 5.69 Å². The van der Waals surface area contributed by atoms with Crippen molar-refractivity contribution in [3.05, 3.63) is 59.8 Å². The molecule has 0 radical (unpaired) electrons. The maximum absolute atomic E-state index is 12.4. The molecule has 0 fully saturated rings. The largest absolute Gasteiger partial charge is 0.486 e. The fourth-order valence-corrected chi connectivity index (χ4v) is 2.63. The highest BCUT2D eigenvalue weighted by molar-refractivity contribution is 6.03. The molecular weight excluding hydrogens is 318 g/mol. The molecule has 6 heteroatoms. The molecule has 0 saturated carbocycles. The first-order valence-corrected chi connectivity index (χ1v) is 8.02. The van der Waals surface area contributed by atoms with E-state index < -0.39 is 0 Å². The third-order valence-electron chi connectivity index (χ3n) is 3.97. The number of rotatable bonds is 3. The Hall–Kier alpha value is -3.28. The number of amides is 1. The number of hydrogen-bond donors (Lipinski definition) is 2. The first-order valence-electron chi connectivity index (χ1n) is 8.02. The lowest BCUT2D eigenvalue weighted by molar-refractivity contribution is 0.102. The number of nitrogens with one attached hydrogen (secondary N) is 2. The highest BCUT2D eigenvalue weighted by atomic mass is 16.6. The number of carbonyl (C=O) groups excluding carboxylic acids is 1. The highest BCUT2D eigenvalue weighted by Gasteiger charge is 2.15. The van der Waals surface area contributed by atoms with E-state index in [1.807, 2.05) is 31.2 Å². The SMILES string of the molecule is Cc1ccc(-c2cc(C(=O)Nc3ccc4c(c3)OCCO4)[nH]n2)cc1. The van der Waals surface area contributed by atoms with Gasteiger partial charge in [-0.1, -0.05) is 29.8 Å². The van der Waals surface area contributed by atoms with E-state index in [0.29, 0.717) is 36.1 Å². The standard InChI is InChI=1S/C19H17N3O3/c1-12-2-4-13(5-3-12)15-11-16(22-21-15)19(23)20-14-6-7-17-18(10-14)25-9-8-24-17/h2-7,10-11H,8-9H2,1H3,(H,20,23)(H,21,22). The Morgan fingerprint density at radius 1 is 1.04 bits per heavy atom. The van der Waals surface area contributed by atoms with E-state index in [2.05, 4.69) is 15.5 Å². The van der Waals surface area contributed by atoms with Crippen molar-refractivity contribution in [1.29, 1.82) is 0 Å². The van der Waals surface area contributed by atoms with Crippen molar-refractivity contribution in [3.63, 3.8) is 0 Å². The molecule has 1 aliphatic heterocycles. The zero-order valence-corrected chi connectivity index (χ0v) is 13.7. The maximum atomic E-state index is 12.4. The Balaban J connectivity index is 1.51. The van der Waals surface area contributed by atoms with Gasteiger partial charge >= 0.3 is 0 Å². The molecule has 2 aromatic carbocycles. The average molecular weight is 335 g/mol. The van der Waals surface area contributed by atoms with Crippen LogP contribution in [0.25, 0.3) is 11.3 Å². The van der Waals surface area contributed by atoms with Gasteiger partial charge in [0.1, 0.15) is 18.9 Å². The second-order valence-electron chi connectivity index (χ2n) is 5.85. The van der Waals surface area contributed by atoms with Crippen LogP contribution in [0.1, 0.15) is 16.1 Å². The third kappa shape index (κ3) is 3.19. The summed E-state index contributed by atoms with van der Waals surface area (Å²) in [6.45, 7) is 3.07. The maximum Gasteiger partial charge on any atom is 0.273 e. The molecule has 4 rings (SSSR count). The summed E-state index contributed by atoms with van der Waals surface area (Å²) in [5.41, 5.74) is 3.90. The van der Waals surface area contributed by atoms with Gasteiger partial charge in [-0.25, -0.2) is 0 Å². The minimum absolute atomic E-state index is 0.262. The minimum atomic E-state index is -0.262. The van der Waals surface area contributed by atoms with Crippen LogP contribution in [-0.2, 0) is 0 Å². The van der Waals surface area contributed by atoms with Crippen molar-refractivity contribution in [2.75, 3.05) is 18.5 Å². The van der Waals surface area contributed by atoms with Crippen molar-refractivity contribution in [3.8, 4) is 22.8 Å². The van der Waals surface area contributed by atoms with Gasteiger partial charge in [0.2, 0.25) is 0 Å². The third-order valence-corrected chi connectivity index (χ3v) is 3.97. The average Bonchev–Trinajstić information content (AvgIpc) is 3.12. The van der Waals surface area contributed by atoms with Gasteiger partial charge in [-0.3, -0.25) is 9.89 Å². The Bertz CT molecular complexity index is 916. The molecule has 2 heterocycles. The summed E-state index contributed by atoms with van der Waals surface area (Å²) in [6.07, 6.45) is 0. The van der Waals surface area contributed by atoms with Gasteiger partial charge in [-0.05, 0) is 25.1 Å². The number of aryl methyl sites for hydroxylation is 1. The zero-order chi connectivity index (χ0) is 17.2. The van der Waals surface area contributed by atoms with Crippen LogP contribution in [0.5, 0.6) is 11.5 Å². The molecule has 1 amide bonds. The van der Waals surface area contributed by atoms with Crippen LogP contribution in [0.15, 0.2) is 48.5 Å². The van der Waals surface area contributed by atoms with Crippen LogP contribution in [-0.4, -0.2) is 29.3 Å². The lowest BCUT2D eigenvalue weighted by Crippen LogP contribution is -2.16. The minimum Gasteiger partial charge on any atom is -0.486 e. The van der Waals surface area contributed by atoms with Gasteiger partial charge in [0, 0.05) is 17.3 Å². The first-order chi connectivity index (χ1) is 12.2. The summed E-state index contributed by atoms with van der Waals surface area (Å²) in [6, 6.07) is 15.0. The fourth-order valence-electron chi connectivity index (χ4n) is 2.63. The number of ether oxygens (including phenoxy) is 2. The number of benzene rings is 2. The monoisotopic (exact) mass is 335 g/mol. The molecule has 0 unspecified atom stereocenters. The lowest BCUT2D eigenvalue weighted by Gasteiger charge is -2.18. The lowest BCUT2D eigenvalue weighted by atomic mass is 10.1. The summed E-state index contributed by atoms with van der Waals surface area (Å²) in [4.78, 5) is 12.4.